The minimum Gasteiger partial charge on any atom is -0.0669 e. The molecule has 0 N–H and O–H groups in total. The van der Waals surface area contributed by atoms with E-state index in [9.17, 15) is 0 Å². The van der Waals surface area contributed by atoms with Gasteiger partial charge < -0.3 is 0 Å². The molecule has 0 aromatic carbocycles. The van der Waals surface area contributed by atoms with Crippen molar-refractivity contribution in [2.75, 3.05) is 0 Å². The summed E-state index contributed by atoms with van der Waals surface area (Å²) >= 11 is 0. The lowest BCUT2D eigenvalue weighted by Crippen LogP contribution is -2.19. The Balaban J connectivity index is 2.51. The molecule has 3 unspecified atom stereocenters. The summed E-state index contributed by atoms with van der Waals surface area (Å²) in [6.45, 7) is 9.58. The number of rotatable bonds is 3. The first-order valence-electron chi connectivity index (χ1n) is 5.95. The fourth-order valence-electron chi connectivity index (χ4n) is 3.23. The van der Waals surface area contributed by atoms with Gasteiger partial charge in [-0.05, 0) is 30.6 Å². The molecule has 1 aliphatic carbocycles. The molecule has 0 spiro atoms. The van der Waals surface area contributed by atoms with Crippen LogP contribution in [-0.4, -0.2) is 7.85 Å². The zero-order valence-corrected chi connectivity index (χ0v) is 10.1. The lowest BCUT2D eigenvalue weighted by molar-refractivity contribution is 0.328. The average Bonchev–Trinajstić information content (AvgIpc) is 2.30. The van der Waals surface area contributed by atoms with Crippen LogP contribution in [0.4, 0.5) is 0 Å². The largest absolute Gasteiger partial charge is 0.109 e. The van der Waals surface area contributed by atoms with Crippen LogP contribution >= 0.6 is 0 Å². The van der Waals surface area contributed by atoms with Gasteiger partial charge in [-0.1, -0.05) is 45.9 Å². The zero-order valence-electron chi connectivity index (χ0n) is 10.1. The minimum absolute atomic E-state index is 0.530. The SMILES string of the molecule is BC(C)(C)C1CC(CCC)CC1C. The van der Waals surface area contributed by atoms with Crippen LogP contribution in [0.2, 0.25) is 5.31 Å². The summed E-state index contributed by atoms with van der Waals surface area (Å²) in [5.41, 5.74) is 0. The Morgan fingerprint density at radius 2 is 1.92 bits per heavy atom. The molecule has 1 fully saturated rings. The lowest BCUT2D eigenvalue weighted by atomic mass is 9.60. The highest BCUT2D eigenvalue weighted by Crippen LogP contribution is 2.49. The Morgan fingerprint density at radius 1 is 1.31 bits per heavy atom. The molecule has 0 amide bonds. The first-order chi connectivity index (χ1) is 5.95. The summed E-state index contributed by atoms with van der Waals surface area (Å²) in [7, 11) is 2.41. The summed E-state index contributed by atoms with van der Waals surface area (Å²) in [5, 5.41) is 0.530. The molecule has 13 heavy (non-hydrogen) atoms. The van der Waals surface area contributed by atoms with Crippen molar-refractivity contribution in [2.45, 2.75) is 58.7 Å². The molecule has 1 aliphatic rings. The zero-order chi connectivity index (χ0) is 10.1. The second-order valence-electron chi connectivity index (χ2n) is 6.08. The van der Waals surface area contributed by atoms with E-state index in [2.05, 4.69) is 35.5 Å². The van der Waals surface area contributed by atoms with Crippen LogP contribution in [0.5, 0.6) is 0 Å². The molecular weight excluding hydrogens is 155 g/mol. The summed E-state index contributed by atoms with van der Waals surface area (Å²) in [5.74, 6) is 2.95. The summed E-state index contributed by atoms with van der Waals surface area (Å²) in [6, 6.07) is 0. The van der Waals surface area contributed by atoms with E-state index in [1.807, 2.05) is 0 Å². The fourth-order valence-corrected chi connectivity index (χ4v) is 3.23. The van der Waals surface area contributed by atoms with Crippen molar-refractivity contribution in [1.82, 2.24) is 0 Å². The maximum Gasteiger partial charge on any atom is 0.109 e. The van der Waals surface area contributed by atoms with Gasteiger partial charge in [-0.2, -0.15) is 0 Å². The first-order valence-corrected chi connectivity index (χ1v) is 5.95. The fraction of sp³-hybridized carbons (Fsp3) is 1.00. The molecular formula is C12H25B. The second-order valence-corrected chi connectivity index (χ2v) is 6.08. The predicted octanol–water partition coefficient (Wildman–Crippen LogP) is 3.28. The van der Waals surface area contributed by atoms with Crippen molar-refractivity contribution in [3.05, 3.63) is 0 Å². The van der Waals surface area contributed by atoms with Gasteiger partial charge in [0.05, 0.1) is 0 Å². The van der Waals surface area contributed by atoms with Crippen LogP contribution in [0.25, 0.3) is 0 Å². The molecule has 0 heterocycles. The Kier molecular flexibility index (Phi) is 3.48. The highest BCUT2D eigenvalue weighted by Gasteiger charge is 2.37. The Labute approximate surface area is 84.9 Å². The molecule has 3 atom stereocenters. The van der Waals surface area contributed by atoms with Gasteiger partial charge in [0.25, 0.3) is 0 Å². The molecule has 1 rings (SSSR count). The molecule has 0 aliphatic heterocycles. The van der Waals surface area contributed by atoms with Gasteiger partial charge in [0.1, 0.15) is 7.85 Å². The molecule has 1 heteroatoms. The first kappa shape index (κ1) is 11.1. The van der Waals surface area contributed by atoms with E-state index in [-0.39, 0.29) is 0 Å². The van der Waals surface area contributed by atoms with E-state index in [4.69, 9.17) is 0 Å². The van der Waals surface area contributed by atoms with E-state index in [1.165, 1.54) is 25.7 Å². The minimum atomic E-state index is 0.530. The van der Waals surface area contributed by atoms with E-state index in [1.54, 1.807) is 0 Å². The van der Waals surface area contributed by atoms with E-state index < -0.39 is 0 Å². The Bertz CT molecular complexity index is 157. The van der Waals surface area contributed by atoms with Crippen LogP contribution in [0.1, 0.15) is 53.4 Å². The maximum absolute atomic E-state index is 2.45. The molecule has 0 radical (unpaired) electrons. The van der Waals surface area contributed by atoms with Crippen LogP contribution in [-0.2, 0) is 0 Å². The number of hydrogen-bond acceptors (Lipinski definition) is 0. The van der Waals surface area contributed by atoms with E-state index >= 15 is 0 Å². The molecule has 0 aromatic rings. The Hall–Kier alpha value is 0.0649. The quantitative estimate of drug-likeness (QED) is 0.584. The molecule has 76 valence electrons. The van der Waals surface area contributed by atoms with Gasteiger partial charge in [-0.25, -0.2) is 0 Å². The van der Waals surface area contributed by atoms with Crippen molar-refractivity contribution >= 4 is 7.85 Å². The third kappa shape index (κ3) is 2.75. The van der Waals surface area contributed by atoms with Crippen molar-refractivity contribution in [3.8, 4) is 0 Å². The standard InChI is InChI=1S/C12H25B/c1-5-6-10-7-9(2)11(8-10)12(3,4)13/h9-11H,5-8,13H2,1-4H3. The topological polar surface area (TPSA) is 0 Å². The lowest BCUT2D eigenvalue weighted by Gasteiger charge is -2.30. The summed E-state index contributed by atoms with van der Waals surface area (Å²) in [6.07, 6.45) is 5.79. The van der Waals surface area contributed by atoms with Gasteiger partial charge in [-0.3, -0.25) is 0 Å². The maximum atomic E-state index is 2.45. The van der Waals surface area contributed by atoms with Crippen LogP contribution in [0, 0.1) is 17.8 Å². The van der Waals surface area contributed by atoms with Crippen molar-refractivity contribution in [2.24, 2.45) is 17.8 Å². The van der Waals surface area contributed by atoms with Gasteiger partial charge >= 0.3 is 0 Å². The summed E-state index contributed by atoms with van der Waals surface area (Å²) in [4.78, 5) is 0. The normalized spacial score (nSPS) is 35.2. The highest BCUT2D eigenvalue weighted by atomic mass is 14.4. The third-order valence-electron chi connectivity index (χ3n) is 3.79. The average molecular weight is 180 g/mol. The Morgan fingerprint density at radius 3 is 2.31 bits per heavy atom. The van der Waals surface area contributed by atoms with Crippen LogP contribution < -0.4 is 0 Å². The second kappa shape index (κ2) is 4.06. The van der Waals surface area contributed by atoms with E-state index in [0.717, 1.165) is 17.8 Å². The smallest absolute Gasteiger partial charge is 0.0669 e. The van der Waals surface area contributed by atoms with Crippen molar-refractivity contribution < 1.29 is 0 Å². The molecule has 0 saturated heterocycles. The van der Waals surface area contributed by atoms with E-state index in [0.29, 0.717) is 5.31 Å². The molecule has 0 bridgehead atoms. The molecule has 0 nitrogen and oxygen atoms in total. The predicted molar refractivity (Wildman–Crippen MR) is 62.9 cm³/mol. The number of hydrogen-bond donors (Lipinski definition) is 0. The van der Waals surface area contributed by atoms with Crippen molar-refractivity contribution in [3.63, 3.8) is 0 Å². The van der Waals surface area contributed by atoms with Gasteiger partial charge in [-0.15, -0.1) is 0 Å². The van der Waals surface area contributed by atoms with Gasteiger partial charge in [0.15, 0.2) is 0 Å². The monoisotopic (exact) mass is 180 g/mol. The molecule has 1 saturated carbocycles. The van der Waals surface area contributed by atoms with Gasteiger partial charge in [0, 0.05) is 0 Å². The van der Waals surface area contributed by atoms with Crippen LogP contribution in [0.15, 0.2) is 0 Å². The highest BCUT2D eigenvalue weighted by molar-refractivity contribution is 6.14. The van der Waals surface area contributed by atoms with Crippen LogP contribution in [0.3, 0.4) is 0 Å². The summed E-state index contributed by atoms with van der Waals surface area (Å²) < 4.78 is 0. The molecule has 0 aromatic heterocycles. The third-order valence-corrected chi connectivity index (χ3v) is 3.79. The van der Waals surface area contributed by atoms with Crippen molar-refractivity contribution in [1.29, 1.82) is 0 Å². The van der Waals surface area contributed by atoms with Gasteiger partial charge in [0.2, 0.25) is 0 Å².